The minimum absolute atomic E-state index is 0.306. The number of ether oxygens (including phenoxy) is 1. The molecular formula is C22H21ClN4O2S. The summed E-state index contributed by atoms with van der Waals surface area (Å²) in [7, 11) is 0. The number of hydrogen-bond donors (Lipinski definition) is 1. The first-order chi connectivity index (χ1) is 14.6. The molecule has 2 heterocycles. The van der Waals surface area contributed by atoms with E-state index in [4.69, 9.17) is 21.4 Å². The predicted molar refractivity (Wildman–Crippen MR) is 119 cm³/mol. The SMILES string of the molecule is CCOC(=O)C1=C(C)Nc2nc(SCc3ccccc3Cl)nn2C1c1ccccc1. The van der Waals surface area contributed by atoms with Gasteiger partial charge in [0.25, 0.3) is 0 Å². The molecule has 0 radical (unpaired) electrons. The van der Waals surface area contributed by atoms with Gasteiger partial charge in [-0.2, -0.15) is 4.98 Å². The number of benzene rings is 2. The van der Waals surface area contributed by atoms with E-state index in [-0.39, 0.29) is 5.97 Å². The molecule has 30 heavy (non-hydrogen) atoms. The third kappa shape index (κ3) is 4.08. The molecule has 0 aliphatic carbocycles. The number of esters is 1. The van der Waals surface area contributed by atoms with Gasteiger partial charge < -0.3 is 10.1 Å². The van der Waals surface area contributed by atoms with Crippen molar-refractivity contribution in [3.05, 3.63) is 82.0 Å². The molecule has 8 heteroatoms. The second-order valence-corrected chi connectivity index (χ2v) is 8.09. The first-order valence-electron chi connectivity index (χ1n) is 9.61. The summed E-state index contributed by atoms with van der Waals surface area (Å²) in [4.78, 5) is 17.4. The molecule has 6 nitrogen and oxygen atoms in total. The number of allylic oxidation sites excluding steroid dienone is 1. The fraction of sp³-hybridized carbons (Fsp3) is 0.227. The molecule has 1 unspecified atom stereocenters. The number of halogens is 1. The number of carbonyl (C=O) groups is 1. The number of rotatable bonds is 6. The minimum atomic E-state index is -0.413. The summed E-state index contributed by atoms with van der Waals surface area (Å²) in [5.41, 5.74) is 3.20. The van der Waals surface area contributed by atoms with Gasteiger partial charge in [-0.1, -0.05) is 71.9 Å². The van der Waals surface area contributed by atoms with Gasteiger partial charge in [0.05, 0.1) is 12.2 Å². The van der Waals surface area contributed by atoms with E-state index >= 15 is 0 Å². The largest absolute Gasteiger partial charge is 0.463 e. The Morgan fingerprint density at radius 1 is 1.20 bits per heavy atom. The fourth-order valence-corrected chi connectivity index (χ4v) is 4.48. The topological polar surface area (TPSA) is 69.0 Å². The van der Waals surface area contributed by atoms with Crippen molar-refractivity contribution < 1.29 is 9.53 Å². The molecule has 1 atom stereocenters. The molecule has 1 N–H and O–H groups in total. The van der Waals surface area contributed by atoms with Gasteiger partial charge in [-0.25, -0.2) is 9.48 Å². The van der Waals surface area contributed by atoms with Crippen LogP contribution >= 0.6 is 23.4 Å². The molecule has 0 spiro atoms. The van der Waals surface area contributed by atoms with Gasteiger partial charge in [0.15, 0.2) is 0 Å². The number of nitrogens with zero attached hydrogens (tertiary/aromatic N) is 3. The van der Waals surface area contributed by atoms with Gasteiger partial charge in [-0.3, -0.25) is 0 Å². The molecule has 0 fully saturated rings. The van der Waals surface area contributed by atoms with E-state index in [0.717, 1.165) is 16.1 Å². The van der Waals surface area contributed by atoms with Crippen LogP contribution in [0.3, 0.4) is 0 Å². The Morgan fingerprint density at radius 2 is 1.93 bits per heavy atom. The molecule has 0 bridgehead atoms. The third-order valence-corrected chi connectivity index (χ3v) is 6.01. The standard InChI is InChI=1S/C22H21ClN4O2S/c1-3-29-20(28)18-14(2)24-21-25-22(30-13-16-11-7-8-12-17(16)23)26-27(21)19(18)15-9-5-4-6-10-15/h4-12,19H,3,13H2,1-2H3,(H,24,25,26). The van der Waals surface area contributed by atoms with Gasteiger partial charge in [-0.15, -0.1) is 5.10 Å². The molecule has 0 amide bonds. The highest BCUT2D eigenvalue weighted by atomic mass is 35.5. The van der Waals surface area contributed by atoms with Crippen molar-refractivity contribution in [2.24, 2.45) is 0 Å². The number of anilines is 1. The number of nitrogens with one attached hydrogen (secondary N) is 1. The van der Waals surface area contributed by atoms with Crippen LogP contribution in [0, 0.1) is 0 Å². The number of aromatic nitrogens is 3. The van der Waals surface area contributed by atoms with Gasteiger partial charge in [0.2, 0.25) is 11.1 Å². The monoisotopic (exact) mass is 440 g/mol. The lowest BCUT2D eigenvalue weighted by Crippen LogP contribution is -2.29. The van der Waals surface area contributed by atoms with E-state index in [9.17, 15) is 4.79 Å². The Morgan fingerprint density at radius 3 is 2.67 bits per heavy atom. The summed E-state index contributed by atoms with van der Waals surface area (Å²) in [5, 5.41) is 9.24. The summed E-state index contributed by atoms with van der Waals surface area (Å²) in [6, 6.07) is 17.1. The van der Waals surface area contributed by atoms with Crippen LogP contribution in [0.15, 0.2) is 71.0 Å². The Kier molecular flexibility index (Phi) is 6.11. The number of hydrogen-bond acceptors (Lipinski definition) is 6. The molecule has 2 aromatic carbocycles. The summed E-state index contributed by atoms with van der Waals surface area (Å²) < 4.78 is 7.08. The van der Waals surface area contributed by atoms with E-state index in [0.29, 0.717) is 34.7 Å². The summed E-state index contributed by atoms with van der Waals surface area (Å²) >= 11 is 7.77. The van der Waals surface area contributed by atoms with E-state index < -0.39 is 6.04 Å². The summed E-state index contributed by atoms with van der Waals surface area (Å²) in [5.74, 6) is 0.884. The van der Waals surface area contributed by atoms with E-state index in [1.54, 1.807) is 11.6 Å². The lowest BCUT2D eigenvalue weighted by atomic mass is 9.96. The van der Waals surface area contributed by atoms with Crippen molar-refractivity contribution in [1.29, 1.82) is 0 Å². The Hall–Kier alpha value is -2.77. The minimum Gasteiger partial charge on any atom is -0.463 e. The fourth-order valence-electron chi connectivity index (χ4n) is 3.37. The van der Waals surface area contributed by atoms with Crippen molar-refractivity contribution in [2.45, 2.75) is 30.8 Å². The zero-order valence-electron chi connectivity index (χ0n) is 16.6. The van der Waals surface area contributed by atoms with Crippen molar-refractivity contribution in [1.82, 2.24) is 14.8 Å². The van der Waals surface area contributed by atoms with Crippen LogP contribution in [-0.2, 0) is 15.3 Å². The smallest absolute Gasteiger partial charge is 0.338 e. The molecule has 154 valence electrons. The van der Waals surface area contributed by atoms with Crippen LogP contribution in [-0.4, -0.2) is 27.3 Å². The Bertz CT molecular complexity index is 1100. The molecule has 0 saturated heterocycles. The highest BCUT2D eigenvalue weighted by Crippen LogP contribution is 2.37. The second-order valence-electron chi connectivity index (χ2n) is 6.74. The number of fused-ring (bicyclic) bond motifs is 1. The lowest BCUT2D eigenvalue weighted by Gasteiger charge is -2.28. The van der Waals surface area contributed by atoms with Crippen molar-refractivity contribution in [3.63, 3.8) is 0 Å². The van der Waals surface area contributed by atoms with E-state index in [1.807, 2.05) is 61.5 Å². The normalized spacial score (nSPS) is 15.5. The summed E-state index contributed by atoms with van der Waals surface area (Å²) in [6.07, 6.45) is 0. The summed E-state index contributed by atoms with van der Waals surface area (Å²) in [6.45, 7) is 3.96. The maximum Gasteiger partial charge on any atom is 0.338 e. The van der Waals surface area contributed by atoms with Crippen LogP contribution in [0.4, 0.5) is 5.95 Å². The highest BCUT2D eigenvalue weighted by Gasteiger charge is 2.35. The van der Waals surface area contributed by atoms with E-state index in [2.05, 4.69) is 10.3 Å². The van der Waals surface area contributed by atoms with Crippen LogP contribution in [0.5, 0.6) is 0 Å². The third-order valence-electron chi connectivity index (χ3n) is 4.76. The molecule has 1 aliphatic rings. The zero-order valence-corrected chi connectivity index (χ0v) is 18.2. The first-order valence-corrected chi connectivity index (χ1v) is 11.0. The lowest BCUT2D eigenvalue weighted by molar-refractivity contribution is -0.139. The van der Waals surface area contributed by atoms with Crippen LogP contribution < -0.4 is 5.32 Å². The van der Waals surface area contributed by atoms with Crippen molar-refractivity contribution in [3.8, 4) is 0 Å². The maximum atomic E-state index is 12.8. The van der Waals surface area contributed by atoms with Crippen LogP contribution in [0.2, 0.25) is 5.02 Å². The number of thioether (sulfide) groups is 1. The Labute approximate surface area is 184 Å². The molecule has 4 rings (SSSR count). The molecular weight excluding hydrogens is 420 g/mol. The number of carbonyl (C=O) groups excluding carboxylic acids is 1. The zero-order chi connectivity index (χ0) is 21.1. The molecule has 0 saturated carbocycles. The highest BCUT2D eigenvalue weighted by molar-refractivity contribution is 7.98. The second kappa shape index (κ2) is 8.93. The average molecular weight is 441 g/mol. The molecule has 1 aliphatic heterocycles. The van der Waals surface area contributed by atoms with Crippen LogP contribution in [0.25, 0.3) is 0 Å². The van der Waals surface area contributed by atoms with Gasteiger partial charge in [0, 0.05) is 16.5 Å². The predicted octanol–water partition coefficient (Wildman–Crippen LogP) is 5.08. The first kappa shape index (κ1) is 20.5. The van der Waals surface area contributed by atoms with Gasteiger partial charge in [0.1, 0.15) is 6.04 Å². The van der Waals surface area contributed by atoms with Crippen molar-refractivity contribution >= 4 is 35.3 Å². The van der Waals surface area contributed by atoms with Gasteiger partial charge >= 0.3 is 5.97 Å². The Balaban J connectivity index is 1.68. The molecule has 1 aromatic heterocycles. The quantitative estimate of drug-likeness (QED) is 0.426. The molecule has 3 aromatic rings. The average Bonchev–Trinajstić information content (AvgIpc) is 3.15. The van der Waals surface area contributed by atoms with Gasteiger partial charge in [-0.05, 0) is 31.0 Å². The van der Waals surface area contributed by atoms with Crippen LogP contribution in [0.1, 0.15) is 31.0 Å². The van der Waals surface area contributed by atoms with E-state index in [1.165, 1.54) is 11.8 Å². The van der Waals surface area contributed by atoms with Crippen molar-refractivity contribution in [2.75, 3.05) is 11.9 Å². The maximum absolute atomic E-state index is 12.8.